The highest BCUT2D eigenvalue weighted by Crippen LogP contribution is 2.25. The molecule has 1 aliphatic heterocycles. The number of piperidine rings is 1. The van der Waals surface area contributed by atoms with Crippen LogP contribution in [0.5, 0.6) is 5.75 Å². The van der Waals surface area contributed by atoms with Gasteiger partial charge in [-0.2, -0.15) is 0 Å². The zero-order valence-electron chi connectivity index (χ0n) is 12.5. The van der Waals surface area contributed by atoms with Crippen molar-refractivity contribution in [3.8, 4) is 5.75 Å². The molecule has 0 bridgehead atoms. The molecular weight excluding hydrogens is 248 g/mol. The quantitative estimate of drug-likeness (QED) is 0.862. The van der Waals surface area contributed by atoms with E-state index in [0.29, 0.717) is 6.04 Å². The molecule has 1 aromatic carbocycles. The molecule has 3 nitrogen and oxygen atoms in total. The van der Waals surface area contributed by atoms with Gasteiger partial charge in [-0.1, -0.05) is 6.92 Å². The highest BCUT2D eigenvalue weighted by atomic mass is 16.5. The first kappa shape index (κ1) is 13.7. The summed E-state index contributed by atoms with van der Waals surface area (Å²) in [5, 5.41) is 3.77. The average molecular weight is 274 g/mol. The van der Waals surface area contributed by atoms with Gasteiger partial charge in [0.15, 0.2) is 0 Å². The molecule has 1 heterocycles. The Bertz CT molecular complexity index is 414. The standard InChI is InChI=1S/C17H26N2O/c1-2-12-20-17-9-7-16(8-10-17)19-11-3-4-15(13-19)18-14-5-6-14/h7-10,14-15,18H,2-6,11-13H2,1H3. The Labute approximate surface area is 122 Å². The minimum atomic E-state index is 0.673. The minimum absolute atomic E-state index is 0.673. The second-order valence-corrected chi connectivity index (χ2v) is 6.07. The number of anilines is 1. The Morgan fingerprint density at radius 2 is 1.95 bits per heavy atom. The zero-order valence-corrected chi connectivity index (χ0v) is 12.5. The maximum atomic E-state index is 5.65. The molecule has 110 valence electrons. The maximum Gasteiger partial charge on any atom is 0.119 e. The van der Waals surface area contributed by atoms with Crippen LogP contribution in [0, 0.1) is 0 Å². The Morgan fingerprint density at radius 1 is 1.15 bits per heavy atom. The van der Waals surface area contributed by atoms with Crippen molar-refractivity contribution in [2.24, 2.45) is 0 Å². The van der Waals surface area contributed by atoms with Crippen LogP contribution in [0.2, 0.25) is 0 Å². The number of ether oxygens (including phenoxy) is 1. The summed E-state index contributed by atoms with van der Waals surface area (Å²) in [4.78, 5) is 2.51. The van der Waals surface area contributed by atoms with E-state index >= 15 is 0 Å². The first-order valence-corrected chi connectivity index (χ1v) is 8.09. The van der Waals surface area contributed by atoms with Crippen molar-refractivity contribution < 1.29 is 4.74 Å². The molecule has 0 radical (unpaired) electrons. The fourth-order valence-electron chi connectivity index (χ4n) is 2.90. The summed E-state index contributed by atoms with van der Waals surface area (Å²) in [6.07, 6.45) is 6.42. The van der Waals surface area contributed by atoms with Crippen molar-refractivity contribution >= 4 is 5.69 Å². The average Bonchev–Trinajstić information content (AvgIpc) is 3.30. The van der Waals surface area contributed by atoms with E-state index in [2.05, 4.69) is 41.4 Å². The summed E-state index contributed by atoms with van der Waals surface area (Å²) in [6.45, 7) is 5.26. The van der Waals surface area contributed by atoms with Gasteiger partial charge in [0.25, 0.3) is 0 Å². The lowest BCUT2D eigenvalue weighted by atomic mass is 10.0. The van der Waals surface area contributed by atoms with Crippen molar-refractivity contribution in [2.45, 2.75) is 51.1 Å². The van der Waals surface area contributed by atoms with Gasteiger partial charge in [-0.05, 0) is 56.4 Å². The van der Waals surface area contributed by atoms with Gasteiger partial charge in [0, 0.05) is 30.9 Å². The third-order valence-electron chi connectivity index (χ3n) is 4.14. The lowest BCUT2D eigenvalue weighted by Crippen LogP contribution is -2.46. The third kappa shape index (κ3) is 3.66. The molecule has 2 aliphatic rings. The molecule has 20 heavy (non-hydrogen) atoms. The summed E-state index contributed by atoms with van der Waals surface area (Å²) < 4.78 is 5.65. The fraction of sp³-hybridized carbons (Fsp3) is 0.647. The number of hydrogen-bond donors (Lipinski definition) is 1. The van der Waals surface area contributed by atoms with E-state index in [1.165, 1.54) is 37.9 Å². The molecular formula is C17H26N2O. The molecule has 1 saturated heterocycles. The topological polar surface area (TPSA) is 24.5 Å². The molecule has 2 fully saturated rings. The number of benzene rings is 1. The van der Waals surface area contributed by atoms with E-state index in [9.17, 15) is 0 Å². The Morgan fingerprint density at radius 3 is 2.65 bits per heavy atom. The molecule has 1 atom stereocenters. The van der Waals surface area contributed by atoms with Crippen LogP contribution < -0.4 is 15.0 Å². The third-order valence-corrected chi connectivity index (χ3v) is 4.14. The van der Waals surface area contributed by atoms with Gasteiger partial charge < -0.3 is 15.0 Å². The van der Waals surface area contributed by atoms with Crippen molar-refractivity contribution in [1.82, 2.24) is 5.32 Å². The SMILES string of the molecule is CCCOc1ccc(N2CCCC(NC3CC3)C2)cc1. The van der Waals surface area contributed by atoms with Gasteiger partial charge in [-0.15, -0.1) is 0 Å². The van der Waals surface area contributed by atoms with Crippen LogP contribution in [-0.4, -0.2) is 31.8 Å². The van der Waals surface area contributed by atoms with Crippen LogP contribution in [-0.2, 0) is 0 Å². The number of rotatable bonds is 6. The number of nitrogens with zero attached hydrogens (tertiary/aromatic N) is 1. The molecule has 0 aromatic heterocycles. The first-order valence-electron chi connectivity index (χ1n) is 8.09. The summed E-state index contributed by atoms with van der Waals surface area (Å²) in [7, 11) is 0. The van der Waals surface area contributed by atoms with Crippen molar-refractivity contribution in [3.63, 3.8) is 0 Å². The van der Waals surface area contributed by atoms with Crippen molar-refractivity contribution in [1.29, 1.82) is 0 Å². The van der Waals surface area contributed by atoms with Crippen LogP contribution in [0.25, 0.3) is 0 Å². The van der Waals surface area contributed by atoms with E-state index in [-0.39, 0.29) is 0 Å². The number of nitrogens with one attached hydrogen (secondary N) is 1. The Balaban J connectivity index is 1.56. The molecule has 1 N–H and O–H groups in total. The summed E-state index contributed by atoms with van der Waals surface area (Å²) in [5.74, 6) is 0.986. The lowest BCUT2D eigenvalue weighted by Gasteiger charge is -2.35. The van der Waals surface area contributed by atoms with Crippen LogP contribution in [0.15, 0.2) is 24.3 Å². The molecule has 1 saturated carbocycles. The Kier molecular flexibility index (Phi) is 4.46. The van der Waals surface area contributed by atoms with Crippen LogP contribution in [0.1, 0.15) is 39.0 Å². The molecule has 0 spiro atoms. The molecule has 0 amide bonds. The largest absolute Gasteiger partial charge is 0.494 e. The lowest BCUT2D eigenvalue weighted by molar-refractivity contribution is 0.317. The second-order valence-electron chi connectivity index (χ2n) is 6.07. The van der Waals surface area contributed by atoms with E-state index < -0.39 is 0 Å². The van der Waals surface area contributed by atoms with Gasteiger partial charge >= 0.3 is 0 Å². The molecule has 1 aromatic rings. The van der Waals surface area contributed by atoms with Gasteiger partial charge in [0.2, 0.25) is 0 Å². The fourth-order valence-corrected chi connectivity index (χ4v) is 2.90. The minimum Gasteiger partial charge on any atom is -0.494 e. The van der Waals surface area contributed by atoms with Crippen molar-refractivity contribution in [3.05, 3.63) is 24.3 Å². The van der Waals surface area contributed by atoms with E-state index in [1.54, 1.807) is 0 Å². The zero-order chi connectivity index (χ0) is 13.8. The van der Waals surface area contributed by atoms with Gasteiger partial charge in [0.05, 0.1) is 6.61 Å². The van der Waals surface area contributed by atoms with Crippen molar-refractivity contribution in [2.75, 3.05) is 24.6 Å². The van der Waals surface area contributed by atoms with Gasteiger partial charge in [0.1, 0.15) is 5.75 Å². The van der Waals surface area contributed by atoms with E-state index in [0.717, 1.165) is 31.4 Å². The highest BCUT2D eigenvalue weighted by molar-refractivity contribution is 5.49. The predicted octanol–water partition coefficient (Wildman–Crippen LogP) is 3.20. The van der Waals surface area contributed by atoms with Crippen LogP contribution >= 0.6 is 0 Å². The maximum absolute atomic E-state index is 5.65. The molecule has 3 heteroatoms. The first-order chi connectivity index (χ1) is 9.85. The second kappa shape index (κ2) is 6.49. The predicted molar refractivity (Wildman–Crippen MR) is 83.6 cm³/mol. The normalized spacial score (nSPS) is 22.9. The van der Waals surface area contributed by atoms with E-state index in [4.69, 9.17) is 4.74 Å². The number of hydrogen-bond acceptors (Lipinski definition) is 3. The Hall–Kier alpha value is -1.22. The van der Waals surface area contributed by atoms with Crippen LogP contribution in [0.3, 0.4) is 0 Å². The smallest absolute Gasteiger partial charge is 0.119 e. The van der Waals surface area contributed by atoms with E-state index in [1.807, 2.05) is 0 Å². The van der Waals surface area contributed by atoms with Crippen LogP contribution in [0.4, 0.5) is 5.69 Å². The summed E-state index contributed by atoms with van der Waals surface area (Å²) in [6, 6.07) is 10.1. The monoisotopic (exact) mass is 274 g/mol. The van der Waals surface area contributed by atoms with Gasteiger partial charge in [-0.25, -0.2) is 0 Å². The van der Waals surface area contributed by atoms with Gasteiger partial charge in [-0.3, -0.25) is 0 Å². The molecule has 1 unspecified atom stereocenters. The summed E-state index contributed by atoms with van der Waals surface area (Å²) >= 11 is 0. The molecule has 3 rings (SSSR count). The molecule has 1 aliphatic carbocycles. The summed E-state index contributed by atoms with van der Waals surface area (Å²) in [5.41, 5.74) is 1.33. The highest BCUT2D eigenvalue weighted by Gasteiger charge is 2.27.